The molecule has 0 atom stereocenters. The van der Waals surface area contributed by atoms with Crippen molar-refractivity contribution in [3.8, 4) is 0 Å². The van der Waals surface area contributed by atoms with E-state index in [9.17, 15) is 4.79 Å². The van der Waals surface area contributed by atoms with Gasteiger partial charge in [-0.2, -0.15) is 0 Å². The molecule has 0 radical (unpaired) electrons. The van der Waals surface area contributed by atoms with Crippen molar-refractivity contribution >= 4 is 5.91 Å². The maximum Gasteiger partial charge on any atom is 0.255 e. The predicted octanol–water partition coefficient (Wildman–Crippen LogP) is 0.517. The lowest BCUT2D eigenvalue weighted by Gasteiger charge is -2.47. The van der Waals surface area contributed by atoms with E-state index < -0.39 is 0 Å². The molecular weight excluding hydrogens is 202 g/mol. The van der Waals surface area contributed by atoms with Gasteiger partial charge in [-0.3, -0.25) is 9.78 Å². The molecule has 2 aliphatic heterocycles. The third-order valence-electron chi connectivity index (χ3n) is 3.58. The van der Waals surface area contributed by atoms with E-state index in [0.29, 0.717) is 11.0 Å². The van der Waals surface area contributed by atoms with Crippen LogP contribution in [-0.4, -0.2) is 42.0 Å². The van der Waals surface area contributed by atoms with Crippen molar-refractivity contribution in [3.05, 3.63) is 30.1 Å². The summed E-state index contributed by atoms with van der Waals surface area (Å²) >= 11 is 0. The van der Waals surface area contributed by atoms with E-state index in [-0.39, 0.29) is 5.91 Å². The molecular formula is C12H15N3O. The molecule has 0 unspecified atom stereocenters. The van der Waals surface area contributed by atoms with Crippen LogP contribution >= 0.6 is 0 Å². The Balaban J connectivity index is 1.66. The van der Waals surface area contributed by atoms with Gasteiger partial charge >= 0.3 is 0 Å². The summed E-state index contributed by atoms with van der Waals surface area (Å²) in [6.45, 7) is 3.94. The molecule has 4 heteroatoms. The van der Waals surface area contributed by atoms with Crippen LogP contribution in [0.4, 0.5) is 0 Å². The monoisotopic (exact) mass is 217 g/mol. The van der Waals surface area contributed by atoms with Gasteiger partial charge in [0.1, 0.15) is 0 Å². The van der Waals surface area contributed by atoms with Gasteiger partial charge in [0, 0.05) is 37.4 Å². The summed E-state index contributed by atoms with van der Waals surface area (Å²) in [4.78, 5) is 17.9. The maximum absolute atomic E-state index is 12.0. The Kier molecular flexibility index (Phi) is 2.17. The molecule has 0 aliphatic carbocycles. The van der Waals surface area contributed by atoms with Crippen LogP contribution in [-0.2, 0) is 0 Å². The Labute approximate surface area is 94.7 Å². The van der Waals surface area contributed by atoms with Gasteiger partial charge < -0.3 is 10.2 Å². The minimum Gasteiger partial charge on any atom is -0.337 e. The number of hydrogen-bond donors (Lipinski definition) is 1. The van der Waals surface area contributed by atoms with Gasteiger partial charge in [-0.15, -0.1) is 0 Å². The Morgan fingerprint density at radius 3 is 3.00 bits per heavy atom. The first kappa shape index (κ1) is 9.78. The van der Waals surface area contributed by atoms with Crippen LogP contribution in [0.1, 0.15) is 16.8 Å². The smallest absolute Gasteiger partial charge is 0.255 e. The lowest BCUT2D eigenvalue weighted by atomic mass is 9.79. The Bertz CT molecular complexity index is 390. The molecule has 1 N–H and O–H groups in total. The van der Waals surface area contributed by atoms with Crippen molar-refractivity contribution < 1.29 is 4.79 Å². The SMILES string of the molecule is O=C(c1cccnc1)N1CC2(CCNC2)C1. The Morgan fingerprint density at radius 2 is 2.38 bits per heavy atom. The van der Waals surface area contributed by atoms with Crippen molar-refractivity contribution in [2.75, 3.05) is 26.2 Å². The second-order valence-electron chi connectivity index (χ2n) is 4.83. The molecule has 1 aromatic rings. The van der Waals surface area contributed by atoms with E-state index in [0.717, 1.165) is 26.2 Å². The van der Waals surface area contributed by atoms with E-state index in [1.807, 2.05) is 11.0 Å². The maximum atomic E-state index is 12.0. The highest BCUT2D eigenvalue weighted by molar-refractivity contribution is 5.94. The van der Waals surface area contributed by atoms with Gasteiger partial charge in [0.05, 0.1) is 5.56 Å². The van der Waals surface area contributed by atoms with Gasteiger partial charge in [0.25, 0.3) is 5.91 Å². The molecule has 0 aromatic carbocycles. The Morgan fingerprint density at radius 1 is 1.50 bits per heavy atom. The van der Waals surface area contributed by atoms with Gasteiger partial charge in [-0.25, -0.2) is 0 Å². The standard InChI is InChI=1S/C12H15N3O/c16-11(10-2-1-4-13-6-10)15-8-12(9-15)3-5-14-7-12/h1-2,4,6,14H,3,5,7-9H2. The molecule has 1 amide bonds. The summed E-state index contributed by atoms with van der Waals surface area (Å²) in [6.07, 6.45) is 4.53. The lowest BCUT2D eigenvalue weighted by molar-refractivity contribution is 0.0159. The fourth-order valence-electron chi connectivity index (χ4n) is 2.64. The van der Waals surface area contributed by atoms with Crippen molar-refractivity contribution in [1.29, 1.82) is 0 Å². The summed E-state index contributed by atoms with van der Waals surface area (Å²) in [5.74, 6) is 0.116. The molecule has 2 aliphatic rings. The van der Waals surface area contributed by atoms with Crippen molar-refractivity contribution in [3.63, 3.8) is 0 Å². The number of carbonyl (C=O) groups is 1. The largest absolute Gasteiger partial charge is 0.337 e. The summed E-state index contributed by atoms with van der Waals surface area (Å²) in [6, 6.07) is 3.63. The minimum absolute atomic E-state index is 0.116. The molecule has 1 spiro atoms. The fraction of sp³-hybridized carbons (Fsp3) is 0.500. The zero-order valence-electron chi connectivity index (χ0n) is 9.15. The molecule has 16 heavy (non-hydrogen) atoms. The molecule has 3 heterocycles. The second-order valence-corrected chi connectivity index (χ2v) is 4.83. The molecule has 2 fully saturated rings. The van der Waals surface area contributed by atoms with Crippen LogP contribution in [0.25, 0.3) is 0 Å². The summed E-state index contributed by atoms with van der Waals surface area (Å²) in [5.41, 5.74) is 1.07. The number of aromatic nitrogens is 1. The van der Waals surface area contributed by atoms with Gasteiger partial charge in [-0.05, 0) is 25.1 Å². The molecule has 0 bridgehead atoms. The van der Waals surface area contributed by atoms with Crippen LogP contribution in [0.5, 0.6) is 0 Å². The third kappa shape index (κ3) is 1.50. The number of amides is 1. The van der Waals surface area contributed by atoms with Crippen LogP contribution in [0.2, 0.25) is 0 Å². The highest BCUT2D eigenvalue weighted by Crippen LogP contribution is 2.36. The number of pyridine rings is 1. The molecule has 84 valence electrons. The first-order chi connectivity index (χ1) is 7.79. The number of nitrogens with zero attached hydrogens (tertiary/aromatic N) is 2. The summed E-state index contributed by atoms with van der Waals surface area (Å²) in [5, 5.41) is 3.36. The third-order valence-corrected chi connectivity index (χ3v) is 3.58. The van der Waals surface area contributed by atoms with E-state index in [1.165, 1.54) is 6.42 Å². The fourth-order valence-corrected chi connectivity index (χ4v) is 2.64. The quantitative estimate of drug-likeness (QED) is 0.746. The molecule has 0 saturated carbocycles. The number of rotatable bonds is 1. The number of likely N-dealkylation sites (tertiary alicyclic amines) is 1. The molecule has 2 saturated heterocycles. The average molecular weight is 217 g/mol. The molecule has 3 rings (SSSR count). The number of nitrogens with one attached hydrogen (secondary N) is 1. The average Bonchev–Trinajstić information content (AvgIpc) is 2.76. The first-order valence-corrected chi connectivity index (χ1v) is 5.69. The summed E-state index contributed by atoms with van der Waals surface area (Å²) < 4.78 is 0. The predicted molar refractivity (Wildman–Crippen MR) is 60.1 cm³/mol. The second kappa shape index (κ2) is 3.56. The van der Waals surface area contributed by atoms with Gasteiger partial charge in [0.15, 0.2) is 0 Å². The van der Waals surface area contributed by atoms with Gasteiger partial charge in [-0.1, -0.05) is 0 Å². The number of carbonyl (C=O) groups excluding carboxylic acids is 1. The van der Waals surface area contributed by atoms with E-state index in [2.05, 4.69) is 10.3 Å². The van der Waals surface area contributed by atoms with Crippen LogP contribution in [0.3, 0.4) is 0 Å². The van der Waals surface area contributed by atoms with Crippen LogP contribution < -0.4 is 5.32 Å². The van der Waals surface area contributed by atoms with Gasteiger partial charge in [0.2, 0.25) is 0 Å². The lowest BCUT2D eigenvalue weighted by Crippen LogP contribution is -2.59. The van der Waals surface area contributed by atoms with Crippen molar-refractivity contribution in [2.45, 2.75) is 6.42 Å². The Hall–Kier alpha value is -1.42. The van der Waals surface area contributed by atoms with E-state index in [4.69, 9.17) is 0 Å². The van der Waals surface area contributed by atoms with Crippen molar-refractivity contribution in [1.82, 2.24) is 15.2 Å². The highest BCUT2D eigenvalue weighted by atomic mass is 16.2. The van der Waals surface area contributed by atoms with Crippen molar-refractivity contribution in [2.24, 2.45) is 5.41 Å². The van der Waals surface area contributed by atoms with Crippen LogP contribution in [0.15, 0.2) is 24.5 Å². The van der Waals surface area contributed by atoms with E-state index in [1.54, 1.807) is 18.5 Å². The zero-order chi connectivity index (χ0) is 11.0. The molecule has 1 aromatic heterocycles. The topological polar surface area (TPSA) is 45.2 Å². The molecule has 4 nitrogen and oxygen atoms in total. The highest BCUT2D eigenvalue weighted by Gasteiger charge is 2.46. The van der Waals surface area contributed by atoms with E-state index >= 15 is 0 Å². The minimum atomic E-state index is 0.116. The number of hydrogen-bond acceptors (Lipinski definition) is 3. The zero-order valence-corrected chi connectivity index (χ0v) is 9.15. The normalized spacial score (nSPS) is 22.1. The summed E-state index contributed by atoms with van der Waals surface area (Å²) in [7, 11) is 0. The van der Waals surface area contributed by atoms with Crippen LogP contribution in [0, 0.1) is 5.41 Å². The first-order valence-electron chi connectivity index (χ1n) is 5.69.